The standard InChI is InChI=1S/C16H21N3O/c1-12-5-6-13-7-9-17-15(14(13)11-12)16(20)18-8-4-10-19(2)3/h5-7,9,11H,4,8,10H2,1-3H3,(H,18,20). The Hall–Kier alpha value is -1.94. The fraction of sp³-hybridized carbons (Fsp3) is 0.375. The van der Waals surface area contributed by atoms with E-state index < -0.39 is 0 Å². The highest BCUT2D eigenvalue weighted by Crippen LogP contribution is 2.18. The molecule has 1 N–H and O–H groups in total. The minimum absolute atomic E-state index is 0.0973. The first kappa shape index (κ1) is 14.5. The van der Waals surface area contributed by atoms with Gasteiger partial charge < -0.3 is 10.2 Å². The maximum absolute atomic E-state index is 12.2. The summed E-state index contributed by atoms with van der Waals surface area (Å²) in [5, 5.41) is 4.90. The molecule has 0 bridgehead atoms. The van der Waals surface area contributed by atoms with Crippen LogP contribution < -0.4 is 5.32 Å². The molecule has 1 amide bonds. The third kappa shape index (κ3) is 3.54. The van der Waals surface area contributed by atoms with Crippen molar-refractivity contribution in [2.45, 2.75) is 13.3 Å². The molecule has 0 aliphatic heterocycles. The Bertz CT molecular complexity index is 608. The number of amides is 1. The second-order valence-electron chi connectivity index (χ2n) is 5.30. The zero-order chi connectivity index (χ0) is 14.5. The first-order chi connectivity index (χ1) is 9.58. The number of nitrogens with one attached hydrogen (secondary N) is 1. The first-order valence-corrected chi connectivity index (χ1v) is 6.86. The van der Waals surface area contributed by atoms with E-state index in [1.54, 1.807) is 6.20 Å². The van der Waals surface area contributed by atoms with Crippen LogP contribution in [0.25, 0.3) is 10.8 Å². The maximum atomic E-state index is 12.2. The van der Waals surface area contributed by atoms with Crippen molar-refractivity contribution in [1.82, 2.24) is 15.2 Å². The smallest absolute Gasteiger partial charge is 0.270 e. The van der Waals surface area contributed by atoms with Crippen LogP contribution in [0, 0.1) is 6.92 Å². The molecule has 0 atom stereocenters. The minimum Gasteiger partial charge on any atom is -0.351 e. The third-order valence-electron chi connectivity index (χ3n) is 3.20. The number of rotatable bonds is 5. The third-order valence-corrected chi connectivity index (χ3v) is 3.20. The summed E-state index contributed by atoms with van der Waals surface area (Å²) in [4.78, 5) is 18.6. The van der Waals surface area contributed by atoms with Gasteiger partial charge in [-0.25, -0.2) is 0 Å². The minimum atomic E-state index is -0.0973. The van der Waals surface area contributed by atoms with Gasteiger partial charge >= 0.3 is 0 Å². The van der Waals surface area contributed by atoms with E-state index in [0.717, 1.165) is 29.3 Å². The van der Waals surface area contributed by atoms with Crippen LogP contribution in [0.1, 0.15) is 22.5 Å². The van der Waals surface area contributed by atoms with Gasteiger partial charge in [-0.15, -0.1) is 0 Å². The molecule has 0 spiro atoms. The van der Waals surface area contributed by atoms with Crippen molar-refractivity contribution in [3.63, 3.8) is 0 Å². The largest absolute Gasteiger partial charge is 0.351 e. The molecular formula is C16H21N3O. The molecule has 0 unspecified atom stereocenters. The lowest BCUT2D eigenvalue weighted by Crippen LogP contribution is -2.27. The van der Waals surface area contributed by atoms with E-state index in [9.17, 15) is 4.79 Å². The quantitative estimate of drug-likeness (QED) is 0.848. The number of nitrogens with zero attached hydrogens (tertiary/aromatic N) is 2. The van der Waals surface area contributed by atoms with Crippen LogP contribution in [-0.2, 0) is 0 Å². The highest BCUT2D eigenvalue weighted by Gasteiger charge is 2.11. The second kappa shape index (κ2) is 6.48. The van der Waals surface area contributed by atoms with Crippen molar-refractivity contribution in [1.29, 1.82) is 0 Å². The van der Waals surface area contributed by atoms with Crippen LogP contribution in [0.5, 0.6) is 0 Å². The van der Waals surface area contributed by atoms with Gasteiger partial charge in [0.25, 0.3) is 5.91 Å². The molecule has 1 aromatic heterocycles. The number of aryl methyl sites for hydroxylation is 1. The van der Waals surface area contributed by atoms with Crippen LogP contribution in [0.2, 0.25) is 0 Å². The van der Waals surface area contributed by atoms with Crippen LogP contribution in [0.15, 0.2) is 30.5 Å². The fourth-order valence-corrected chi connectivity index (χ4v) is 2.14. The van der Waals surface area contributed by atoms with Gasteiger partial charge in [-0.1, -0.05) is 17.7 Å². The summed E-state index contributed by atoms with van der Waals surface area (Å²) in [5.74, 6) is -0.0973. The van der Waals surface area contributed by atoms with Gasteiger partial charge in [-0.3, -0.25) is 9.78 Å². The summed E-state index contributed by atoms with van der Waals surface area (Å²) >= 11 is 0. The van der Waals surface area contributed by atoms with Crippen LogP contribution >= 0.6 is 0 Å². The molecule has 0 aliphatic carbocycles. The summed E-state index contributed by atoms with van der Waals surface area (Å²) in [6.45, 7) is 3.65. The lowest BCUT2D eigenvalue weighted by atomic mass is 10.1. The molecule has 2 rings (SSSR count). The molecule has 0 saturated carbocycles. The molecule has 4 heteroatoms. The Morgan fingerprint density at radius 2 is 2.10 bits per heavy atom. The van der Waals surface area contributed by atoms with E-state index in [4.69, 9.17) is 0 Å². The average Bonchev–Trinajstić information content (AvgIpc) is 2.42. The van der Waals surface area contributed by atoms with Gasteiger partial charge in [-0.2, -0.15) is 0 Å². The summed E-state index contributed by atoms with van der Waals surface area (Å²) < 4.78 is 0. The van der Waals surface area contributed by atoms with Gasteiger partial charge in [0, 0.05) is 18.1 Å². The predicted molar refractivity (Wildman–Crippen MR) is 82.0 cm³/mol. The number of hydrogen-bond acceptors (Lipinski definition) is 3. The number of fused-ring (bicyclic) bond motifs is 1. The summed E-state index contributed by atoms with van der Waals surface area (Å²) in [6, 6.07) is 8.00. The Kier molecular flexibility index (Phi) is 4.69. The van der Waals surface area contributed by atoms with Gasteiger partial charge in [0.2, 0.25) is 0 Å². The van der Waals surface area contributed by atoms with E-state index in [1.807, 2.05) is 45.3 Å². The molecule has 20 heavy (non-hydrogen) atoms. The number of aromatic nitrogens is 1. The monoisotopic (exact) mass is 271 g/mol. The number of benzene rings is 1. The molecule has 1 heterocycles. The van der Waals surface area contributed by atoms with E-state index in [1.165, 1.54) is 0 Å². The number of pyridine rings is 1. The van der Waals surface area contributed by atoms with Crippen LogP contribution in [0.4, 0.5) is 0 Å². The van der Waals surface area contributed by atoms with E-state index in [-0.39, 0.29) is 5.91 Å². The molecule has 4 nitrogen and oxygen atoms in total. The molecule has 1 aromatic carbocycles. The van der Waals surface area contributed by atoms with Gasteiger partial charge in [0.1, 0.15) is 5.69 Å². The normalized spacial score (nSPS) is 11.0. The number of carbonyl (C=O) groups excluding carboxylic acids is 1. The Labute approximate surface area is 119 Å². The van der Waals surface area contributed by atoms with Gasteiger partial charge in [0.05, 0.1) is 0 Å². The lowest BCUT2D eigenvalue weighted by molar-refractivity contribution is 0.0949. The molecule has 2 aromatic rings. The van der Waals surface area contributed by atoms with E-state index in [2.05, 4.69) is 15.2 Å². The molecular weight excluding hydrogens is 250 g/mol. The predicted octanol–water partition coefficient (Wildman–Crippen LogP) is 2.22. The fourth-order valence-electron chi connectivity index (χ4n) is 2.14. The average molecular weight is 271 g/mol. The second-order valence-corrected chi connectivity index (χ2v) is 5.30. The Morgan fingerprint density at radius 3 is 2.85 bits per heavy atom. The highest BCUT2D eigenvalue weighted by atomic mass is 16.1. The lowest BCUT2D eigenvalue weighted by Gasteiger charge is -2.10. The SMILES string of the molecule is Cc1ccc2ccnc(C(=O)NCCCN(C)C)c2c1. The van der Waals surface area contributed by atoms with Crippen molar-refractivity contribution >= 4 is 16.7 Å². The zero-order valence-electron chi connectivity index (χ0n) is 12.3. The maximum Gasteiger partial charge on any atom is 0.270 e. The highest BCUT2D eigenvalue weighted by molar-refractivity contribution is 6.05. The topological polar surface area (TPSA) is 45.2 Å². The van der Waals surface area contributed by atoms with Crippen molar-refractivity contribution in [3.8, 4) is 0 Å². The summed E-state index contributed by atoms with van der Waals surface area (Å²) in [7, 11) is 4.05. The van der Waals surface area contributed by atoms with Crippen molar-refractivity contribution < 1.29 is 4.79 Å². The molecule has 0 aliphatic rings. The molecule has 0 radical (unpaired) electrons. The van der Waals surface area contributed by atoms with Crippen molar-refractivity contribution in [2.75, 3.05) is 27.2 Å². The van der Waals surface area contributed by atoms with Crippen molar-refractivity contribution in [3.05, 3.63) is 41.7 Å². The van der Waals surface area contributed by atoms with Crippen LogP contribution in [-0.4, -0.2) is 43.0 Å². The number of carbonyl (C=O) groups is 1. The first-order valence-electron chi connectivity index (χ1n) is 6.86. The van der Waals surface area contributed by atoms with Crippen molar-refractivity contribution in [2.24, 2.45) is 0 Å². The van der Waals surface area contributed by atoms with Crippen LogP contribution in [0.3, 0.4) is 0 Å². The molecule has 0 saturated heterocycles. The van der Waals surface area contributed by atoms with Gasteiger partial charge in [0.15, 0.2) is 0 Å². The summed E-state index contributed by atoms with van der Waals surface area (Å²) in [6.07, 6.45) is 2.62. The zero-order valence-corrected chi connectivity index (χ0v) is 12.3. The Morgan fingerprint density at radius 1 is 1.30 bits per heavy atom. The Balaban J connectivity index is 2.12. The van der Waals surface area contributed by atoms with Gasteiger partial charge in [-0.05, 0) is 51.5 Å². The van der Waals surface area contributed by atoms with E-state index >= 15 is 0 Å². The number of hydrogen-bond donors (Lipinski definition) is 1. The van der Waals surface area contributed by atoms with E-state index in [0.29, 0.717) is 12.2 Å². The molecule has 0 fully saturated rings. The summed E-state index contributed by atoms with van der Waals surface area (Å²) in [5.41, 5.74) is 1.64. The molecule has 106 valence electrons.